The van der Waals surface area contributed by atoms with Gasteiger partial charge < -0.3 is 9.88 Å². The SMILES string of the molecule is O=C(c1ccc[nH]c1=S)N1CCN(S(=O)(=O)c2cc(C(F)(F)F)cc(C(F)(F)F)c2)CC1. The maximum Gasteiger partial charge on any atom is 0.416 e. The lowest BCUT2D eigenvalue weighted by molar-refractivity contribution is -0.143. The summed E-state index contributed by atoms with van der Waals surface area (Å²) in [5.74, 6) is -0.470. The van der Waals surface area contributed by atoms with Crippen LogP contribution in [0, 0.1) is 4.64 Å². The number of benzene rings is 1. The molecule has 0 saturated carbocycles. The number of amides is 1. The Kier molecular flexibility index (Phi) is 6.41. The Hall–Kier alpha value is -2.45. The molecule has 32 heavy (non-hydrogen) atoms. The van der Waals surface area contributed by atoms with E-state index in [1.54, 1.807) is 6.07 Å². The van der Waals surface area contributed by atoms with Crippen molar-refractivity contribution in [2.45, 2.75) is 17.2 Å². The minimum Gasteiger partial charge on any atom is -0.352 e. The summed E-state index contributed by atoms with van der Waals surface area (Å²) in [6.45, 7) is -0.858. The number of carbonyl (C=O) groups excluding carboxylic acids is 1. The number of halogens is 6. The van der Waals surface area contributed by atoms with Gasteiger partial charge in [0, 0.05) is 32.4 Å². The van der Waals surface area contributed by atoms with Crippen molar-refractivity contribution in [2.24, 2.45) is 0 Å². The van der Waals surface area contributed by atoms with E-state index in [1.807, 2.05) is 0 Å². The Morgan fingerprint density at radius 1 is 0.938 bits per heavy atom. The van der Waals surface area contributed by atoms with E-state index in [4.69, 9.17) is 12.2 Å². The van der Waals surface area contributed by atoms with Gasteiger partial charge in [0.2, 0.25) is 10.0 Å². The van der Waals surface area contributed by atoms with Gasteiger partial charge >= 0.3 is 12.4 Å². The molecule has 1 aromatic heterocycles. The maximum absolute atomic E-state index is 13.1. The predicted octanol–water partition coefficient (Wildman–Crippen LogP) is 3.93. The quantitative estimate of drug-likeness (QED) is 0.513. The number of pyridine rings is 1. The molecular weight excluding hydrogens is 484 g/mol. The molecule has 0 unspecified atom stereocenters. The molecule has 0 radical (unpaired) electrons. The smallest absolute Gasteiger partial charge is 0.352 e. The average molecular weight is 499 g/mol. The van der Waals surface area contributed by atoms with Gasteiger partial charge in [-0.1, -0.05) is 12.2 Å². The number of sulfonamides is 1. The minimum absolute atomic E-state index is 0.118. The molecule has 2 heterocycles. The van der Waals surface area contributed by atoms with E-state index in [1.165, 1.54) is 17.2 Å². The second-order valence-electron chi connectivity index (χ2n) is 6.85. The summed E-state index contributed by atoms with van der Waals surface area (Å²) in [6, 6.07) is 3.23. The van der Waals surface area contributed by atoms with Crippen molar-refractivity contribution in [2.75, 3.05) is 26.2 Å². The van der Waals surface area contributed by atoms with Gasteiger partial charge in [0.25, 0.3) is 5.91 Å². The molecule has 1 saturated heterocycles. The van der Waals surface area contributed by atoms with Crippen molar-refractivity contribution in [3.05, 3.63) is 57.9 Å². The summed E-state index contributed by atoms with van der Waals surface area (Å²) >= 11 is 5.04. The molecule has 6 nitrogen and oxygen atoms in total. The molecule has 174 valence electrons. The molecule has 14 heteroatoms. The molecule has 1 aliphatic heterocycles. The Morgan fingerprint density at radius 2 is 1.47 bits per heavy atom. The highest BCUT2D eigenvalue weighted by Gasteiger charge is 2.39. The standard InChI is InChI=1S/C18H15F6N3O3S2/c19-17(20,21)11-8-12(18(22,23)24)10-13(9-11)32(29,30)27-6-4-26(5-7-27)16(28)14-2-1-3-25-15(14)31/h1-3,8-10H,4-7H2,(H,25,31). The molecule has 1 N–H and O–H groups in total. The third-order valence-electron chi connectivity index (χ3n) is 4.77. The molecule has 0 aliphatic carbocycles. The van der Waals surface area contributed by atoms with Crippen LogP contribution in [-0.4, -0.2) is 54.7 Å². The van der Waals surface area contributed by atoms with Crippen LogP contribution >= 0.6 is 12.2 Å². The minimum atomic E-state index is -5.18. The number of H-pyrrole nitrogens is 1. The van der Waals surface area contributed by atoms with Gasteiger partial charge in [-0.2, -0.15) is 30.6 Å². The van der Waals surface area contributed by atoms with Gasteiger partial charge in [-0.05, 0) is 30.3 Å². The number of rotatable bonds is 3. The Labute approximate surface area is 183 Å². The monoisotopic (exact) mass is 499 g/mol. The van der Waals surface area contributed by atoms with E-state index < -0.39 is 44.3 Å². The summed E-state index contributed by atoms with van der Waals surface area (Å²) in [5, 5.41) is 0. The molecule has 0 spiro atoms. The molecule has 1 fully saturated rings. The summed E-state index contributed by atoms with van der Waals surface area (Å²) in [6.07, 6.45) is -8.83. The molecule has 2 aromatic rings. The van der Waals surface area contributed by atoms with E-state index in [2.05, 4.69) is 4.98 Å². The number of aromatic amines is 1. The van der Waals surface area contributed by atoms with Crippen LogP contribution in [-0.2, 0) is 22.4 Å². The number of piperazine rings is 1. The summed E-state index contributed by atoms with van der Waals surface area (Å²) < 4.78 is 105. The summed E-state index contributed by atoms with van der Waals surface area (Å²) in [5.41, 5.74) is -3.26. The van der Waals surface area contributed by atoms with E-state index in [9.17, 15) is 39.6 Å². The zero-order chi connectivity index (χ0) is 23.9. The van der Waals surface area contributed by atoms with Gasteiger partial charge in [0.15, 0.2) is 0 Å². The number of hydrogen-bond donors (Lipinski definition) is 1. The highest BCUT2D eigenvalue weighted by atomic mass is 32.2. The average Bonchev–Trinajstić information content (AvgIpc) is 2.72. The van der Waals surface area contributed by atoms with E-state index >= 15 is 0 Å². The number of nitrogens with zero attached hydrogens (tertiary/aromatic N) is 2. The molecule has 1 aromatic carbocycles. The van der Waals surface area contributed by atoms with Crippen LogP contribution in [0.5, 0.6) is 0 Å². The lowest BCUT2D eigenvalue weighted by Crippen LogP contribution is -2.50. The van der Waals surface area contributed by atoms with Gasteiger partial charge in [0.05, 0.1) is 21.6 Å². The third-order valence-corrected chi connectivity index (χ3v) is 6.99. The number of alkyl halides is 6. The third kappa shape index (κ3) is 4.96. The highest BCUT2D eigenvalue weighted by molar-refractivity contribution is 7.89. The van der Waals surface area contributed by atoms with Crippen molar-refractivity contribution < 1.29 is 39.6 Å². The summed E-state index contributed by atoms with van der Waals surface area (Å²) in [4.78, 5) is 15.4. The number of hydrogen-bond acceptors (Lipinski definition) is 4. The van der Waals surface area contributed by atoms with Crippen LogP contribution in [0.25, 0.3) is 0 Å². The molecule has 3 rings (SSSR count). The maximum atomic E-state index is 13.1. The van der Waals surface area contributed by atoms with Crippen LogP contribution in [0.1, 0.15) is 21.5 Å². The van der Waals surface area contributed by atoms with Crippen LogP contribution in [0.2, 0.25) is 0 Å². The Bertz CT molecular complexity index is 1150. The lowest BCUT2D eigenvalue weighted by atomic mass is 10.1. The molecule has 0 atom stereocenters. The topological polar surface area (TPSA) is 73.5 Å². The van der Waals surface area contributed by atoms with E-state index in [0.29, 0.717) is 0 Å². The van der Waals surface area contributed by atoms with Crippen LogP contribution in [0.3, 0.4) is 0 Å². The van der Waals surface area contributed by atoms with Gasteiger partial charge in [0.1, 0.15) is 4.64 Å². The first kappa shape index (κ1) is 24.2. The van der Waals surface area contributed by atoms with Crippen molar-refractivity contribution in [3.63, 3.8) is 0 Å². The second kappa shape index (κ2) is 8.48. The van der Waals surface area contributed by atoms with Crippen molar-refractivity contribution >= 4 is 28.1 Å². The second-order valence-corrected chi connectivity index (χ2v) is 9.20. The fourth-order valence-electron chi connectivity index (χ4n) is 3.12. The molecular formula is C18H15F6N3O3S2. The zero-order valence-electron chi connectivity index (χ0n) is 16.0. The van der Waals surface area contributed by atoms with E-state index in [-0.39, 0.29) is 54.6 Å². The molecule has 1 amide bonds. The van der Waals surface area contributed by atoms with Gasteiger partial charge in [-0.3, -0.25) is 4.79 Å². The summed E-state index contributed by atoms with van der Waals surface area (Å²) in [7, 11) is -4.68. The lowest BCUT2D eigenvalue weighted by Gasteiger charge is -2.34. The fourth-order valence-corrected chi connectivity index (χ4v) is 4.83. The number of aromatic nitrogens is 1. The van der Waals surface area contributed by atoms with E-state index in [0.717, 1.165) is 4.31 Å². The normalized spacial score (nSPS) is 16.2. The zero-order valence-corrected chi connectivity index (χ0v) is 17.6. The van der Waals surface area contributed by atoms with Crippen LogP contribution < -0.4 is 0 Å². The first-order valence-electron chi connectivity index (χ1n) is 8.98. The molecule has 1 aliphatic rings. The van der Waals surface area contributed by atoms with Gasteiger partial charge in [-0.25, -0.2) is 8.42 Å². The van der Waals surface area contributed by atoms with Crippen molar-refractivity contribution in [3.8, 4) is 0 Å². The number of carbonyl (C=O) groups is 1. The predicted molar refractivity (Wildman–Crippen MR) is 103 cm³/mol. The van der Waals surface area contributed by atoms with Crippen LogP contribution in [0.4, 0.5) is 26.3 Å². The van der Waals surface area contributed by atoms with Crippen molar-refractivity contribution in [1.82, 2.24) is 14.2 Å². The highest BCUT2D eigenvalue weighted by Crippen LogP contribution is 2.37. The first-order valence-corrected chi connectivity index (χ1v) is 10.8. The fraction of sp³-hybridized carbons (Fsp3) is 0.333. The number of nitrogens with one attached hydrogen (secondary N) is 1. The Morgan fingerprint density at radius 3 is 1.94 bits per heavy atom. The first-order chi connectivity index (χ1) is 14.7. The van der Waals surface area contributed by atoms with Crippen LogP contribution in [0.15, 0.2) is 41.4 Å². The van der Waals surface area contributed by atoms with Gasteiger partial charge in [-0.15, -0.1) is 0 Å². The van der Waals surface area contributed by atoms with Crippen molar-refractivity contribution in [1.29, 1.82) is 0 Å². The largest absolute Gasteiger partial charge is 0.416 e. The molecule has 0 bridgehead atoms. The Balaban J connectivity index is 1.86.